The maximum atomic E-state index is 13.0. The summed E-state index contributed by atoms with van der Waals surface area (Å²) in [6.45, 7) is 1.89. The molecule has 2 heterocycles. The standard InChI is InChI=1S/C30H28N6O4/c1-34(29(40)22-5-2-6-24(37)17-22)23-12-13-26-25(18-23)32-30(33-28(39)21-10-8-20(19-31)9-11-21)36(26)16-4-15-35-14-3-7-27(35)38/h2,5-6,8-13,17-18,37H,3-4,7,14-16H2,1H3,(H,32,33,39). The Kier molecular flexibility index (Phi) is 7.46. The lowest BCUT2D eigenvalue weighted by Gasteiger charge is -2.18. The van der Waals surface area contributed by atoms with E-state index >= 15 is 0 Å². The topological polar surface area (TPSA) is 132 Å². The highest BCUT2D eigenvalue weighted by Gasteiger charge is 2.21. The van der Waals surface area contributed by atoms with Crippen LogP contribution in [-0.2, 0) is 11.3 Å². The Hall–Kier alpha value is -5.17. The first-order valence-corrected chi connectivity index (χ1v) is 13.0. The highest BCUT2D eigenvalue weighted by molar-refractivity contribution is 6.07. The van der Waals surface area contributed by atoms with Crippen molar-refractivity contribution in [1.82, 2.24) is 14.5 Å². The SMILES string of the molecule is CN(C(=O)c1cccc(O)c1)c1ccc2c(c1)nc(NC(=O)c1ccc(C#N)cc1)n2CCCN1CCCC1=O. The largest absolute Gasteiger partial charge is 0.508 e. The second-order valence-corrected chi connectivity index (χ2v) is 9.66. The first kappa shape index (κ1) is 26.4. The van der Waals surface area contributed by atoms with Crippen molar-refractivity contribution in [3.63, 3.8) is 0 Å². The molecule has 1 aliphatic rings. The Labute approximate surface area is 231 Å². The Bertz CT molecular complexity index is 1640. The highest BCUT2D eigenvalue weighted by Crippen LogP contribution is 2.27. The predicted molar refractivity (Wildman–Crippen MR) is 150 cm³/mol. The number of carbonyl (C=O) groups excluding carboxylic acids is 3. The minimum atomic E-state index is -0.368. The monoisotopic (exact) mass is 536 g/mol. The van der Waals surface area contributed by atoms with Crippen molar-refractivity contribution in [3.8, 4) is 11.8 Å². The molecule has 3 aromatic carbocycles. The van der Waals surface area contributed by atoms with Gasteiger partial charge >= 0.3 is 0 Å². The van der Waals surface area contributed by atoms with Crippen LogP contribution in [0.25, 0.3) is 11.0 Å². The van der Waals surface area contributed by atoms with E-state index in [-0.39, 0.29) is 23.5 Å². The predicted octanol–water partition coefficient (Wildman–Crippen LogP) is 4.15. The molecular weight excluding hydrogens is 508 g/mol. The van der Waals surface area contributed by atoms with Crippen LogP contribution in [0.5, 0.6) is 5.75 Å². The number of benzene rings is 3. The van der Waals surface area contributed by atoms with Gasteiger partial charge in [0, 0.05) is 49.9 Å². The van der Waals surface area contributed by atoms with E-state index in [4.69, 9.17) is 5.26 Å². The lowest BCUT2D eigenvalue weighted by molar-refractivity contribution is -0.127. The fourth-order valence-electron chi connectivity index (χ4n) is 4.83. The van der Waals surface area contributed by atoms with Crippen LogP contribution in [0, 0.1) is 11.3 Å². The molecule has 2 N–H and O–H groups in total. The number of amides is 3. The number of phenolic OH excluding ortho intramolecular Hbond substituents is 1. The molecule has 40 heavy (non-hydrogen) atoms. The maximum Gasteiger partial charge on any atom is 0.258 e. The molecule has 4 aromatic rings. The summed E-state index contributed by atoms with van der Waals surface area (Å²) in [6, 6.07) is 19.9. The normalized spacial score (nSPS) is 12.9. The quantitative estimate of drug-likeness (QED) is 0.348. The third-order valence-corrected chi connectivity index (χ3v) is 7.00. The molecule has 0 atom stereocenters. The van der Waals surface area contributed by atoms with E-state index < -0.39 is 0 Å². The number of aryl methyl sites for hydroxylation is 1. The lowest BCUT2D eigenvalue weighted by Crippen LogP contribution is -2.26. The molecule has 202 valence electrons. The third kappa shape index (κ3) is 5.49. The van der Waals surface area contributed by atoms with Crippen LogP contribution in [0.15, 0.2) is 66.7 Å². The summed E-state index contributed by atoms with van der Waals surface area (Å²) < 4.78 is 1.90. The van der Waals surface area contributed by atoms with Gasteiger partial charge in [-0.3, -0.25) is 19.7 Å². The molecule has 10 heteroatoms. The van der Waals surface area contributed by atoms with E-state index in [0.717, 1.165) is 18.5 Å². The number of phenols is 1. The molecule has 0 unspecified atom stereocenters. The smallest absolute Gasteiger partial charge is 0.258 e. The molecule has 0 aliphatic carbocycles. The number of hydrogen-bond acceptors (Lipinski definition) is 6. The van der Waals surface area contributed by atoms with Crippen LogP contribution in [0.3, 0.4) is 0 Å². The minimum Gasteiger partial charge on any atom is -0.508 e. The zero-order valence-electron chi connectivity index (χ0n) is 22.0. The van der Waals surface area contributed by atoms with Crippen LogP contribution >= 0.6 is 0 Å². The molecule has 1 saturated heterocycles. The zero-order chi connectivity index (χ0) is 28.2. The number of hydrogen-bond donors (Lipinski definition) is 2. The number of nitrogens with zero attached hydrogens (tertiary/aromatic N) is 5. The Morgan fingerprint density at radius 3 is 2.58 bits per heavy atom. The van der Waals surface area contributed by atoms with E-state index in [0.29, 0.717) is 59.8 Å². The molecule has 1 aliphatic heterocycles. The Morgan fingerprint density at radius 2 is 1.88 bits per heavy atom. The number of fused-ring (bicyclic) bond motifs is 1. The first-order valence-electron chi connectivity index (χ1n) is 13.0. The Balaban J connectivity index is 1.43. The van der Waals surface area contributed by atoms with Crippen LogP contribution in [-0.4, -0.2) is 57.4 Å². The molecular formula is C30H28N6O4. The van der Waals surface area contributed by atoms with Gasteiger partial charge in [-0.2, -0.15) is 5.26 Å². The summed E-state index contributed by atoms with van der Waals surface area (Å²) in [6.07, 6.45) is 2.13. The minimum absolute atomic E-state index is 0.00622. The van der Waals surface area contributed by atoms with E-state index in [1.165, 1.54) is 17.0 Å². The van der Waals surface area contributed by atoms with E-state index in [9.17, 15) is 19.5 Å². The lowest BCUT2D eigenvalue weighted by atomic mass is 10.1. The van der Waals surface area contributed by atoms with E-state index in [2.05, 4.69) is 10.3 Å². The van der Waals surface area contributed by atoms with Gasteiger partial charge in [-0.15, -0.1) is 0 Å². The number of likely N-dealkylation sites (tertiary alicyclic amines) is 1. The number of aromatic nitrogens is 2. The number of nitrogens with one attached hydrogen (secondary N) is 1. The van der Waals surface area contributed by atoms with Gasteiger partial charge in [-0.25, -0.2) is 4.98 Å². The van der Waals surface area contributed by atoms with Crippen molar-refractivity contribution in [1.29, 1.82) is 5.26 Å². The number of imidazole rings is 1. The van der Waals surface area contributed by atoms with Gasteiger partial charge in [0.15, 0.2) is 0 Å². The van der Waals surface area contributed by atoms with E-state index in [1.807, 2.05) is 21.6 Å². The molecule has 0 saturated carbocycles. The fourth-order valence-corrected chi connectivity index (χ4v) is 4.83. The average molecular weight is 537 g/mol. The van der Waals surface area contributed by atoms with Crippen molar-refractivity contribution < 1.29 is 19.5 Å². The molecule has 0 spiro atoms. The van der Waals surface area contributed by atoms with Gasteiger partial charge in [0.1, 0.15) is 5.75 Å². The first-order chi connectivity index (χ1) is 19.3. The average Bonchev–Trinajstić information content (AvgIpc) is 3.54. The second-order valence-electron chi connectivity index (χ2n) is 9.66. The molecule has 0 bridgehead atoms. The number of nitriles is 1. The van der Waals surface area contributed by atoms with Gasteiger partial charge in [-0.1, -0.05) is 6.07 Å². The maximum absolute atomic E-state index is 13.0. The van der Waals surface area contributed by atoms with Gasteiger partial charge in [-0.05, 0) is 73.5 Å². The molecule has 5 rings (SSSR count). The van der Waals surface area contributed by atoms with Crippen molar-refractivity contribution in [2.75, 3.05) is 30.4 Å². The second kappa shape index (κ2) is 11.3. The van der Waals surface area contributed by atoms with Crippen LogP contribution < -0.4 is 10.2 Å². The fraction of sp³-hybridized carbons (Fsp3) is 0.233. The number of rotatable bonds is 8. The van der Waals surface area contributed by atoms with Crippen LogP contribution in [0.4, 0.5) is 11.6 Å². The van der Waals surface area contributed by atoms with Gasteiger partial charge in [0.25, 0.3) is 11.8 Å². The van der Waals surface area contributed by atoms with Crippen molar-refractivity contribution in [2.45, 2.75) is 25.8 Å². The van der Waals surface area contributed by atoms with Crippen molar-refractivity contribution >= 4 is 40.4 Å². The zero-order valence-corrected chi connectivity index (χ0v) is 22.0. The van der Waals surface area contributed by atoms with Crippen molar-refractivity contribution in [3.05, 3.63) is 83.4 Å². The molecule has 3 amide bonds. The summed E-state index contributed by atoms with van der Waals surface area (Å²) in [4.78, 5) is 46.1. The number of anilines is 2. The van der Waals surface area contributed by atoms with E-state index in [1.54, 1.807) is 55.6 Å². The molecule has 1 fully saturated rings. The summed E-state index contributed by atoms with van der Waals surface area (Å²) in [5.41, 5.74) is 3.14. The molecule has 10 nitrogen and oxygen atoms in total. The summed E-state index contributed by atoms with van der Waals surface area (Å²) in [7, 11) is 1.64. The summed E-state index contributed by atoms with van der Waals surface area (Å²) in [5, 5.41) is 21.7. The number of carbonyl (C=O) groups is 3. The van der Waals surface area contributed by atoms with Gasteiger partial charge in [0.05, 0.1) is 22.7 Å². The summed E-state index contributed by atoms with van der Waals surface area (Å²) >= 11 is 0. The van der Waals surface area contributed by atoms with Gasteiger partial charge in [0.2, 0.25) is 11.9 Å². The Morgan fingerprint density at radius 1 is 1.07 bits per heavy atom. The number of aromatic hydroxyl groups is 1. The molecule has 1 aromatic heterocycles. The summed E-state index contributed by atoms with van der Waals surface area (Å²) in [5.74, 6) is -0.150. The highest BCUT2D eigenvalue weighted by atomic mass is 16.3. The molecule has 0 radical (unpaired) electrons. The third-order valence-electron chi connectivity index (χ3n) is 7.00. The van der Waals surface area contributed by atoms with Crippen molar-refractivity contribution in [2.24, 2.45) is 0 Å². The van der Waals surface area contributed by atoms with Gasteiger partial charge < -0.3 is 19.5 Å². The van der Waals surface area contributed by atoms with Crippen LogP contribution in [0.1, 0.15) is 45.5 Å². The van der Waals surface area contributed by atoms with Crippen LogP contribution in [0.2, 0.25) is 0 Å².